The molecule has 7 heteroatoms. The highest BCUT2D eigenvalue weighted by atomic mass is 35.5. The maximum atomic E-state index is 6.32. The molecule has 0 aliphatic carbocycles. The smallest absolute Gasteiger partial charge is 0.193 e. The Morgan fingerprint density at radius 1 is 1.23 bits per heavy atom. The lowest BCUT2D eigenvalue weighted by molar-refractivity contribution is 0.373. The molecule has 1 N–H and O–H groups in total. The summed E-state index contributed by atoms with van der Waals surface area (Å²) in [6.07, 6.45) is 0.875. The molecule has 1 aromatic carbocycles. The molecule has 26 heavy (non-hydrogen) atoms. The number of nitrogens with zero attached hydrogens (tertiary/aromatic N) is 4. The predicted octanol–water partition coefficient (Wildman–Crippen LogP) is 2.88. The van der Waals surface area contributed by atoms with Crippen LogP contribution in [0.15, 0.2) is 33.8 Å². The molecule has 2 heterocycles. The van der Waals surface area contributed by atoms with Crippen molar-refractivity contribution in [3.8, 4) is 0 Å². The lowest BCUT2D eigenvalue weighted by atomic mass is 10.1. The van der Waals surface area contributed by atoms with Crippen molar-refractivity contribution in [3.05, 3.63) is 46.3 Å². The van der Waals surface area contributed by atoms with Gasteiger partial charge < -0.3 is 19.6 Å². The first-order valence-electron chi connectivity index (χ1n) is 8.97. The minimum Gasteiger partial charge on any atom is -0.367 e. The van der Waals surface area contributed by atoms with E-state index in [0.717, 1.165) is 67.3 Å². The van der Waals surface area contributed by atoms with Gasteiger partial charge in [0.15, 0.2) is 5.96 Å². The molecular weight excluding hydrogens is 350 g/mol. The predicted molar refractivity (Wildman–Crippen MR) is 106 cm³/mol. The van der Waals surface area contributed by atoms with Gasteiger partial charge in [-0.05, 0) is 32.4 Å². The van der Waals surface area contributed by atoms with Crippen LogP contribution in [0.1, 0.15) is 17.0 Å². The summed E-state index contributed by atoms with van der Waals surface area (Å²) in [4.78, 5) is 9.06. The Labute approximate surface area is 159 Å². The fourth-order valence-electron chi connectivity index (χ4n) is 3.36. The number of aromatic nitrogens is 1. The summed E-state index contributed by atoms with van der Waals surface area (Å²) >= 11 is 6.32. The number of para-hydroxylation sites is 1. The molecule has 2 aromatic rings. The van der Waals surface area contributed by atoms with Crippen molar-refractivity contribution >= 4 is 23.2 Å². The van der Waals surface area contributed by atoms with E-state index in [2.05, 4.69) is 31.3 Å². The first kappa shape index (κ1) is 18.6. The van der Waals surface area contributed by atoms with Crippen LogP contribution in [-0.4, -0.2) is 55.8 Å². The molecule has 1 aromatic heterocycles. The van der Waals surface area contributed by atoms with E-state index in [0.29, 0.717) is 0 Å². The van der Waals surface area contributed by atoms with Gasteiger partial charge in [-0.3, -0.25) is 4.99 Å². The lowest BCUT2D eigenvalue weighted by Gasteiger charge is -2.38. The van der Waals surface area contributed by atoms with E-state index in [4.69, 9.17) is 16.1 Å². The Kier molecular flexibility index (Phi) is 6.04. The number of guanidine groups is 1. The van der Waals surface area contributed by atoms with E-state index in [1.54, 1.807) is 0 Å². The highest BCUT2D eigenvalue weighted by Gasteiger charge is 2.21. The van der Waals surface area contributed by atoms with E-state index < -0.39 is 0 Å². The van der Waals surface area contributed by atoms with Crippen molar-refractivity contribution in [2.75, 3.05) is 44.7 Å². The topological polar surface area (TPSA) is 56.9 Å². The van der Waals surface area contributed by atoms with E-state index >= 15 is 0 Å². The number of rotatable bonds is 4. The van der Waals surface area contributed by atoms with Crippen LogP contribution in [0.25, 0.3) is 0 Å². The Bertz CT molecular complexity index is 746. The van der Waals surface area contributed by atoms with Gasteiger partial charge >= 0.3 is 0 Å². The molecule has 0 spiro atoms. The molecule has 1 fully saturated rings. The van der Waals surface area contributed by atoms with Crippen molar-refractivity contribution in [2.45, 2.75) is 20.3 Å². The molecule has 6 nitrogen and oxygen atoms in total. The molecular formula is C19H26ClN5O. The summed E-state index contributed by atoms with van der Waals surface area (Å²) in [5.41, 5.74) is 3.25. The summed E-state index contributed by atoms with van der Waals surface area (Å²) in [6, 6.07) is 8.02. The Hall–Kier alpha value is -2.21. The molecule has 1 aliphatic heterocycles. The second-order valence-electron chi connectivity index (χ2n) is 6.45. The number of halogens is 1. The van der Waals surface area contributed by atoms with Gasteiger partial charge in [-0.15, -0.1) is 0 Å². The Morgan fingerprint density at radius 3 is 2.58 bits per heavy atom. The number of hydrogen-bond donors (Lipinski definition) is 1. The van der Waals surface area contributed by atoms with Crippen LogP contribution in [0, 0.1) is 13.8 Å². The third-order valence-corrected chi connectivity index (χ3v) is 5.14. The largest absolute Gasteiger partial charge is 0.367 e. The molecule has 0 unspecified atom stereocenters. The normalized spacial score (nSPS) is 15.5. The molecule has 140 valence electrons. The zero-order valence-corrected chi connectivity index (χ0v) is 16.4. The molecule has 1 aliphatic rings. The van der Waals surface area contributed by atoms with Gasteiger partial charge in [-0.25, -0.2) is 0 Å². The standard InChI is InChI=1S/C19H26ClN5O/c1-14-16(15(2)26-23-14)8-9-22-19(21-3)25-12-10-24(11-13-25)18-7-5-4-6-17(18)20/h4-7H,8-13H2,1-3H3,(H,21,22). The molecule has 0 bridgehead atoms. The number of nitrogens with one attached hydrogen (secondary N) is 1. The highest BCUT2D eigenvalue weighted by Crippen LogP contribution is 2.26. The minimum atomic E-state index is 0.806. The van der Waals surface area contributed by atoms with E-state index in [1.807, 2.05) is 39.1 Å². The van der Waals surface area contributed by atoms with Gasteiger partial charge in [0.25, 0.3) is 0 Å². The number of aliphatic imine (C=N–C) groups is 1. The van der Waals surface area contributed by atoms with Gasteiger partial charge in [0.1, 0.15) is 5.76 Å². The van der Waals surface area contributed by atoms with Gasteiger partial charge in [0, 0.05) is 45.3 Å². The zero-order chi connectivity index (χ0) is 18.5. The number of aryl methyl sites for hydroxylation is 2. The van der Waals surface area contributed by atoms with Crippen LogP contribution < -0.4 is 10.2 Å². The van der Waals surface area contributed by atoms with Gasteiger partial charge in [0.2, 0.25) is 0 Å². The summed E-state index contributed by atoms with van der Waals surface area (Å²) < 4.78 is 5.22. The van der Waals surface area contributed by atoms with Crippen LogP contribution in [0.5, 0.6) is 0 Å². The van der Waals surface area contributed by atoms with Crippen molar-refractivity contribution in [1.29, 1.82) is 0 Å². The second-order valence-corrected chi connectivity index (χ2v) is 6.86. The quantitative estimate of drug-likeness (QED) is 0.657. The molecule has 0 atom stereocenters. The van der Waals surface area contributed by atoms with Crippen molar-refractivity contribution in [2.24, 2.45) is 4.99 Å². The fourth-order valence-corrected chi connectivity index (χ4v) is 3.61. The number of piperazine rings is 1. The van der Waals surface area contributed by atoms with Gasteiger partial charge in [-0.2, -0.15) is 0 Å². The summed E-state index contributed by atoms with van der Waals surface area (Å²) in [6.45, 7) is 8.42. The molecule has 0 saturated carbocycles. The second kappa shape index (κ2) is 8.45. The number of benzene rings is 1. The SMILES string of the molecule is CN=C(NCCc1c(C)noc1C)N1CCN(c2ccccc2Cl)CC1. The van der Waals surface area contributed by atoms with Crippen molar-refractivity contribution in [3.63, 3.8) is 0 Å². The third-order valence-electron chi connectivity index (χ3n) is 4.82. The van der Waals surface area contributed by atoms with E-state index in [-0.39, 0.29) is 0 Å². The monoisotopic (exact) mass is 375 g/mol. The fraction of sp³-hybridized carbons (Fsp3) is 0.474. The minimum absolute atomic E-state index is 0.806. The lowest BCUT2D eigenvalue weighted by Crippen LogP contribution is -2.52. The first-order valence-corrected chi connectivity index (χ1v) is 9.34. The molecule has 0 amide bonds. The zero-order valence-electron chi connectivity index (χ0n) is 15.6. The maximum Gasteiger partial charge on any atom is 0.193 e. The molecule has 0 radical (unpaired) electrons. The summed E-state index contributed by atoms with van der Waals surface area (Å²) in [5.74, 6) is 1.84. The average molecular weight is 376 g/mol. The average Bonchev–Trinajstić information content (AvgIpc) is 2.98. The highest BCUT2D eigenvalue weighted by molar-refractivity contribution is 6.33. The number of hydrogen-bond acceptors (Lipinski definition) is 4. The van der Waals surface area contributed by atoms with Crippen LogP contribution in [0.2, 0.25) is 5.02 Å². The summed E-state index contributed by atoms with van der Waals surface area (Å²) in [5, 5.41) is 8.28. The third kappa shape index (κ3) is 4.12. The van der Waals surface area contributed by atoms with E-state index in [1.165, 1.54) is 5.56 Å². The van der Waals surface area contributed by atoms with Crippen LogP contribution in [0.4, 0.5) is 5.69 Å². The maximum absolute atomic E-state index is 6.32. The van der Waals surface area contributed by atoms with E-state index in [9.17, 15) is 0 Å². The van der Waals surface area contributed by atoms with Crippen molar-refractivity contribution < 1.29 is 4.52 Å². The molecule has 1 saturated heterocycles. The Morgan fingerprint density at radius 2 is 1.96 bits per heavy atom. The van der Waals surface area contributed by atoms with Crippen LogP contribution in [-0.2, 0) is 6.42 Å². The van der Waals surface area contributed by atoms with Crippen LogP contribution >= 0.6 is 11.6 Å². The first-order chi connectivity index (χ1) is 12.6. The summed E-state index contributed by atoms with van der Waals surface area (Å²) in [7, 11) is 1.83. The van der Waals surface area contributed by atoms with Gasteiger partial charge in [-0.1, -0.05) is 28.9 Å². The van der Waals surface area contributed by atoms with Gasteiger partial charge in [0.05, 0.1) is 16.4 Å². The Balaban J connectivity index is 1.52. The number of anilines is 1. The molecule has 3 rings (SSSR count). The van der Waals surface area contributed by atoms with Crippen LogP contribution in [0.3, 0.4) is 0 Å². The van der Waals surface area contributed by atoms with Crippen molar-refractivity contribution in [1.82, 2.24) is 15.4 Å².